The second-order valence-electron chi connectivity index (χ2n) is 6.94. The molecule has 25 heavy (non-hydrogen) atoms. The zero-order valence-electron chi connectivity index (χ0n) is 15.6. The van der Waals surface area contributed by atoms with Gasteiger partial charge in [-0.1, -0.05) is 30.3 Å². The smallest absolute Gasteiger partial charge is 0.411 e. The van der Waals surface area contributed by atoms with Crippen LogP contribution in [-0.2, 0) is 18.3 Å². The number of nitrogens with zero attached hydrogens (tertiary/aromatic N) is 1. The van der Waals surface area contributed by atoms with Crippen LogP contribution in [0.4, 0.5) is 4.79 Å². The van der Waals surface area contributed by atoms with Gasteiger partial charge in [-0.25, -0.2) is 4.79 Å². The lowest BCUT2D eigenvalue weighted by atomic mass is 9.91. The summed E-state index contributed by atoms with van der Waals surface area (Å²) < 4.78 is 29.9. The maximum absolute atomic E-state index is 13.4. The van der Waals surface area contributed by atoms with Crippen molar-refractivity contribution in [3.63, 3.8) is 0 Å². The first-order valence-electron chi connectivity index (χ1n) is 8.65. The van der Waals surface area contributed by atoms with Crippen molar-refractivity contribution in [1.29, 1.82) is 0 Å². The second kappa shape index (κ2) is 7.90. The maximum Gasteiger partial charge on any atom is 0.411 e. The van der Waals surface area contributed by atoms with Gasteiger partial charge in [0.1, 0.15) is 11.4 Å². The highest BCUT2D eigenvalue weighted by atomic mass is 31.2. The summed E-state index contributed by atoms with van der Waals surface area (Å²) in [5.74, 6) is -0.790. The highest BCUT2D eigenvalue weighted by Crippen LogP contribution is 2.62. The lowest BCUT2D eigenvalue weighted by Crippen LogP contribution is -2.58. The summed E-state index contributed by atoms with van der Waals surface area (Å²) in [6.07, 6.45) is -0.496. The minimum Gasteiger partial charge on any atom is -0.444 e. The molecule has 0 aromatic heterocycles. The van der Waals surface area contributed by atoms with E-state index in [1.165, 1.54) is 4.90 Å². The van der Waals surface area contributed by atoms with Crippen molar-refractivity contribution < 1.29 is 23.1 Å². The van der Waals surface area contributed by atoms with E-state index in [9.17, 15) is 9.36 Å². The predicted octanol–water partition coefficient (Wildman–Crippen LogP) is 4.61. The number of amides is 1. The second-order valence-corrected chi connectivity index (χ2v) is 9.06. The fraction of sp³-hybridized carbons (Fsp3) is 0.611. The minimum atomic E-state index is -3.50. The van der Waals surface area contributed by atoms with Gasteiger partial charge in [0.2, 0.25) is 0 Å². The zero-order chi connectivity index (χ0) is 18.7. The van der Waals surface area contributed by atoms with E-state index in [2.05, 4.69) is 0 Å². The van der Waals surface area contributed by atoms with Crippen LogP contribution in [0.25, 0.3) is 0 Å². The Balaban J connectivity index is 2.32. The van der Waals surface area contributed by atoms with Crippen molar-refractivity contribution in [2.24, 2.45) is 0 Å². The third kappa shape index (κ3) is 4.63. The third-order valence-corrected chi connectivity index (χ3v) is 6.39. The first-order chi connectivity index (χ1) is 11.7. The molecule has 7 heteroatoms. The first kappa shape index (κ1) is 20.0. The highest BCUT2D eigenvalue weighted by Gasteiger charge is 2.56. The number of carbonyl (C=O) groups is 1. The van der Waals surface area contributed by atoms with Gasteiger partial charge in [-0.2, -0.15) is 0 Å². The van der Waals surface area contributed by atoms with Crippen LogP contribution in [-0.4, -0.2) is 42.1 Å². The molecule has 6 nitrogen and oxygen atoms in total. The number of likely N-dealkylation sites (tertiary alicyclic amines) is 1. The van der Waals surface area contributed by atoms with Crippen LogP contribution in [0.1, 0.15) is 46.1 Å². The molecular weight excluding hydrogens is 341 g/mol. The van der Waals surface area contributed by atoms with Crippen molar-refractivity contribution >= 4 is 13.7 Å². The number of rotatable bonds is 6. The van der Waals surface area contributed by atoms with Crippen molar-refractivity contribution in [2.75, 3.05) is 19.8 Å². The lowest BCUT2D eigenvalue weighted by molar-refractivity contribution is -0.00535. The number of hydrogen-bond acceptors (Lipinski definition) is 5. The van der Waals surface area contributed by atoms with E-state index in [0.717, 1.165) is 5.56 Å². The first-order valence-corrected chi connectivity index (χ1v) is 10.3. The number of benzene rings is 1. The van der Waals surface area contributed by atoms with E-state index in [4.69, 9.17) is 13.8 Å². The molecule has 1 aromatic rings. The zero-order valence-corrected chi connectivity index (χ0v) is 16.5. The molecule has 1 saturated heterocycles. The van der Waals surface area contributed by atoms with Gasteiger partial charge in [-0.15, -0.1) is 0 Å². The molecule has 140 valence electrons. The molecule has 1 fully saturated rings. The number of carbonyl (C=O) groups excluding carboxylic acids is 1. The predicted molar refractivity (Wildman–Crippen MR) is 96.8 cm³/mol. The summed E-state index contributed by atoms with van der Waals surface area (Å²) in [6, 6.07) is 9.70. The van der Waals surface area contributed by atoms with Gasteiger partial charge in [-0.05, 0) is 40.2 Å². The molecule has 1 aliphatic rings. The highest BCUT2D eigenvalue weighted by molar-refractivity contribution is 7.54. The van der Waals surface area contributed by atoms with Gasteiger partial charge in [0.25, 0.3) is 0 Å². The number of ether oxygens (including phenoxy) is 1. The van der Waals surface area contributed by atoms with Gasteiger partial charge in [-0.3, -0.25) is 9.46 Å². The van der Waals surface area contributed by atoms with Crippen LogP contribution < -0.4 is 0 Å². The Kier molecular flexibility index (Phi) is 6.30. The maximum atomic E-state index is 13.4. The molecule has 0 radical (unpaired) electrons. The SMILES string of the molecule is CCOP(=O)(OCC)[C@@H]1[C@@H](c2ccccc2)CN1C(=O)OC(C)(C)C. The molecule has 2 rings (SSSR count). The molecule has 0 bridgehead atoms. The Hall–Kier alpha value is -1.36. The Morgan fingerprint density at radius 3 is 2.20 bits per heavy atom. The van der Waals surface area contributed by atoms with Gasteiger partial charge in [0.15, 0.2) is 0 Å². The Bertz CT molecular complexity index is 618. The molecule has 0 unspecified atom stereocenters. The third-order valence-electron chi connectivity index (χ3n) is 3.87. The van der Waals surface area contributed by atoms with Gasteiger partial charge in [0, 0.05) is 12.5 Å². The molecule has 0 N–H and O–H groups in total. The average molecular weight is 369 g/mol. The quantitative estimate of drug-likeness (QED) is 0.685. The van der Waals surface area contributed by atoms with Crippen LogP contribution in [0.15, 0.2) is 30.3 Å². The van der Waals surface area contributed by atoms with Crippen LogP contribution in [0.2, 0.25) is 0 Å². The molecule has 1 aliphatic heterocycles. The normalized spacial score (nSPS) is 20.9. The summed E-state index contributed by atoms with van der Waals surface area (Å²) in [5.41, 5.74) is 0.382. The fourth-order valence-corrected chi connectivity index (χ4v) is 5.25. The molecule has 0 spiro atoms. The summed E-state index contributed by atoms with van der Waals surface area (Å²) in [7, 11) is -3.50. The molecule has 1 aromatic carbocycles. The van der Waals surface area contributed by atoms with Crippen LogP contribution in [0.5, 0.6) is 0 Å². The molecule has 1 amide bonds. The molecule has 0 saturated carbocycles. The van der Waals surface area contributed by atoms with Crippen molar-refractivity contribution in [2.45, 2.75) is 51.9 Å². The van der Waals surface area contributed by atoms with Gasteiger partial charge in [0.05, 0.1) is 13.2 Å². The van der Waals surface area contributed by atoms with E-state index >= 15 is 0 Å². The van der Waals surface area contributed by atoms with Crippen molar-refractivity contribution in [3.8, 4) is 0 Å². The fourth-order valence-electron chi connectivity index (χ4n) is 2.92. The number of hydrogen-bond donors (Lipinski definition) is 0. The van der Waals surface area contributed by atoms with E-state index in [1.807, 2.05) is 30.3 Å². The van der Waals surface area contributed by atoms with Crippen molar-refractivity contribution in [3.05, 3.63) is 35.9 Å². The summed E-state index contributed by atoms with van der Waals surface area (Å²) in [5, 5.41) is 0. The van der Waals surface area contributed by atoms with Crippen LogP contribution in [0, 0.1) is 0 Å². The standard InChI is InChI=1S/C18H28NO5P/c1-6-22-25(21,23-7-2)16-15(14-11-9-8-10-12-14)13-19(16)17(20)24-18(3,4)5/h8-12,15-16H,6-7,13H2,1-5H3/t15-,16-/m1/s1. The molecule has 0 aliphatic carbocycles. The molecule has 1 heterocycles. The lowest BCUT2D eigenvalue weighted by Gasteiger charge is -2.49. The summed E-state index contributed by atoms with van der Waals surface area (Å²) in [4.78, 5) is 14.0. The Morgan fingerprint density at radius 1 is 1.16 bits per heavy atom. The van der Waals surface area contributed by atoms with E-state index in [1.54, 1.807) is 34.6 Å². The average Bonchev–Trinajstić information content (AvgIpc) is 2.45. The topological polar surface area (TPSA) is 65.1 Å². The Morgan fingerprint density at radius 2 is 1.72 bits per heavy atom. The van der Waals surface area contributed by atoms with E-state index < -0.39 is 25.1 Å². The summed E-state index contributed by atoms with van der Waals surface area (Å²) in [6.45, 7) is 9.86. The minimum absolute atomic E-state index is 0.113. The monoisotopic (exact) mass is 369 g/mol. The van der Waals surface area contributed by atoms with Crippen molar-refractivity contribution in [1.82, 2.24) is 4.90 Å². The summed E-state index contributed by atoms with van der Waals surface area (Å²) >= 11 is 0. The van der Waals surface area contributed by atoms with Gasteiger partial charge < -0.3 is 13.8 Å². The van der Waals surface area contributed by atoms with E-state index in [-0.39, 0.29) is 19.1 Å². The molecular formula is C18H28NO5P. The van der Waals surface area contributed by atoms with Gasteiger partial charge >= 0.3 is 13.7 Å². The molecule has 2 atom stereocenters. The van der Waals surface area contributed by atoms with E-state index in [0.29, 0.717) is 6.54 Å². The Labute approximate surface area is 150 Å². The van der Waals surface area contributed by atoms with Crippen LogP contribution in [0.3, 0.4) is 0 Å². The van der Waals surface area contributed by atoms with Crippen LogP contribution >= 0.6 is 7.60 Å². The largest absolute Gasteiger partial charge is 0.444 e.